The first kappa shape index (κ1) is 28.3. The quantitative estimate of drug-likeness (QED) is 0.340. The van der Waals surface area contributed by atoms with Crippen LogP contribution < -0.4 is 4.74 Å². The Hall–Kier alpha value is -1.71. The summed E-state index contributed by atoms with van der Waals surface area (Å²) in [7, 11) is 0. The van der Waals surface area contributed by atoms with Crippen molar-refractivity contribution >= 4 is 5.97 Å². The van der Waals surface area contributed by atoms with E-state index in [9.17, 15) is 5.11 Å². The minimum absolute atomic E-state index is 0.0470. The molecular formula is C28H48O4. The number of carboxylic acid groups (broad SMARTS) is 1. The van der Waals surface area contributed by atoms with E-state index in [0.29, 0.717) is 5.75 Å². The van der Waals surface area contributed by atoms with E-state index in [1.165, 1.54) is 51.4 Å². The molecule has 1 unspecified atom stereocenters. The van der Waals surface area contributed by atoms with E-state index in [4.69, 9.17) is 14.6 Å². The molecule has 0 amide bonds. The van der Waals surface area contributed by atoms with Crippen LogP contribution in [0.2, 0.25) is 0 Å². The Morgan fingerprint density at radius 3 is 2.09 bits per heavy atom. The number of aliphatic carboxylic acids is 1. The zero-order valence-corrected chi connectivity index (χ0v) is 21.5. The van der Waals surface area contributed by atoms with Crippen LogP contribution >= 0.6 is 0 Å². The monoisotopic (exact) mass is 448 g/mol. The summed E-state index contributed by atoms with van der Waals surface area (Å²) in [5.74, 6) is 3.03. The third-order valence-corrected chi connectivity index (χ3v) is 6.60. The number of hydrogen-bond acceptors (Lipinski definition) is 3. The van der Waals surface area contributed by atoms with E-state index in [-0.39, 0.29) is 5.60 Å². The molecule has 32 heavy (non-hydrogen) atoms. The summed E-state index contributed by atoms with van der Waals surface area (Å²) in [6.45, 7) is 12.9. The summed E-state index contributed by atoms with van der Waals surface area (Å²) < 4.78 is 6.31. The molecule has 2 rings (SSSR count). The van der Waals surface area contributed by atoms with Gasteiger partial charge in [-0.1, -0.05) is 72.6 Å². The number of phenols is 1. The Morgan fingerprint density at radius 1 is 1.00 bits per heavy atom. The maximum absolute atomic E-state index is 9.63. The van der Waals surface area contributed by atoms with Gasteiger partial charge >= 0.3 is 0 Å². The number of rotatable bonds is 12. The summed E-state index contributed by atoms with van der Waals surface area (Å²) >= 11 is 0. The first-order valence-corrected chi connectivity index (χ1v) is 12.7. The van der Waals surface area contributed by atoms with Gasteiger partial charge in [-0.3, -0.25) is 4.79 Å². The van der Waals surface area contributed by atoms with Crippen LogP contribution in [0.5, 0.6) is 11.5 Å². The van der Waals surface area contributed by atoms with Crippen molar-refractivity contribution in [1.82, 2.24) is 0 Å². The van der Waals surface area contributed by atoms with Gasteiger partial charge in [0, 0.05) is 6.92 Å². The van der Waals surface area contributed by atoms with Gasteiger partial charge in [0.1, 0.15) is 17.1 Å². The second kappa shape index (κ2) is 14.4. The molecule has 0 radical (unpaired) electrons. The van der Waals surface area contributed by atoms with E-state index >= 15 is 0 Å². The number of fused-ring (bicyclic) bond motifs is 1. The number of aryl methyl sites for hydroxylation is 1. The molecule has 1 aromatic carbocycles. The highest BCUT2D eigenvalue weighted by molar-refractivity contribution is 5.62. The maximum Gasteiger partial charge on any atom is 0.300 e. The lowest BCUT2D eigenvalue weighted by Gasteiger charge is -2.36. The topological polar surface area (TPSA) is 66.8 Å². The highest BCUT2D eigenvalue weighted by Crippen LogP contribution is 2.37. The molecule has 2 N–H and O–H groups in total. The average molecular weight is 449 g/mol. The van der Waals surface area contributed by atoms with Gasteiger partial charge in [-0.25, -0.2) is 0 Å². The standard InChI is InChI=1S/C26H44O2.C2H4O2/c1-20(2)9-6-10-21(3)11-7-12-22(4)13-8-17-26(5)18-16-23-19-24(27)14-15-25(23)28-26;1-2(3)4/h14-15,19-22,27H,6-13,16-18H2,1-5H3;1H3,(H,3,4)/t21-,22-,26?;/m1./s1. The Kier molecular flexibility index (Phi) is 12.8. The minimum Gasteiger partial charge on any atom is -0.508 e. The molecule has 184 valence electrons. The van der Waals surface area contributed by atoms with Gasteiger partial charge < -0.3 is 14.9 Å². The zero-order valence-electron chi connectivity index (χ0n) is 21.5. The molecule has 0 fully saturated rings. The first-order chi connectivity index (χ1) is 15.0. The van der Waals surface area contributed by atoms with Gasteiger partial charge in [0.05, 0.1) is 0 Å². The molecule has 1 aliphatic heterocycles. The summed E-state index contributed by atoms with van der Waals surface area (Å²) in [6, 6.07) is 5.50. The van der Waals surface area contributed by atoms with Gasteiger partial charge in [-0.05, 0) is 74.1 Å². The van der Waals surface area contributed by atoms with Crippen molar-refractivity contribution in [3.05, 3.63) is 23.8 Å². The lowest BCUT2D eigenvalue weighted by atomic mass is 9.86. The van der Waals surface area contributed by atoms with Crippen LogP contribution in [0.25, 0.3) is 0 Å². The molecule has 0 saturated carbocycles. The predicted octanol–water partition coefficient (Wildman–Crippen LogP) is 8.01. The molecular weight excluding hydrogens is 400 g/mol. The summed E-state index contributed by atoms with van der Waals surface area (Å²) in [5, 5.41) is 17.1. The van der Waals surface area contributed by atoms with Crippen LogP contribution in [0.15, 0.2) is 18.2 Å². The smallest absolute Gasteiger partial charge is 0.300 e. The van der Waals surface area contributed by atoms with Crippen molar-refractivity contribution in [2.75, 3.05) is 0 Å². The van der Waals surface area contributed by atoms with E-state index in [2.05, 4.69) is 34.6 Å². The molecule has 0 bridgehead atoms. The third-order valence-electron chi connectivity index (χ3n) is 6.60. The van der Waals surface area contributed by atoms with Crippen LogP contribution in [0.1, 0.15) is 111 Å². The number of hydrogen-bond donors (Lipinski definition) is 2. The molecule has 0 aliphatic carbocycles. The van der Waals surface area contributed by atoms with E-state index < -0.39 is 5.97 Å². The number of carbonyl (C=O) groups is 1. The highest BCUT2D eigenvalue weighted by atomic mass is 16.5. The van der Waals surface area contributed by atoms with Crippen molar-refractivity contribution in [2.24, 2.45) is 17.8 Å². The Balaban J connectivity index is 0.00000118. The molecule has 1 aromatic rings. The Morgan fingerprint density at radius 2 is 1.53 bits per heavy atom. The molecule has 0 saturated heterocycles. The van der Waals surface area contributed by atoms with Gasteiger partial charge in [-0.2, -0.15) is 0 Å². The van der Waals surface area contributed by atoms with Gasteiger partial charge in [0.25, 0.3) is 5.97 Å². The van der Waals surface area contributed by atoms with Crippen LogP contribution in [0, 0.1) is 17.8 Å². The number of ether oxygens (including phenoxy) is 1. The fraction of sp³-hybridized carbons (Fsp3) is 0.750. The number of carboxylic acids is 1. The molecule has 1 heterocycles. The molecule has 4 nitrogen and oxygen atoms in total. The second-order valence-electron chi connectivity index (χ2n) is 10.7. The van der Waals surface area contributed by atoms with E-state index in [0.717, 1.165) is 55.3 Å². The summed E-state index contributed by atoms with van der Waals surface area (Å²) in [5.41, 5.74) is 1.10. The van der Waals surface area contributed by atoms with Gasteiger partial charge in [0.15, 0.2) is 0 Å². The van der Waals surface area contributed by atoms with Crippen molar-refractivity contribution in [3.63, 3.8) is 0 Å². The fourth-order valence-electron chi connectivity index (χ4n) is 4.55. The number of benzene rings is 1. The minimum atomic E-state index is -0.833. The predicted molar refractivity (Wildman–Crippen MR) is 133 cm³/mol. The molecule has 0 spiro atoms. The van der Waals surface area contributed by atoms with E-state index in [1.54, 1.807) is 6.07 Å². The highest BCUT2D eigenvalue weighted by Gasteiger charge is 2.31. The number of phenolic OH excluding ortho intramolecular Hbond substituents is 1. The Labute approximate surface area is 196 Å². The molecule has 0 aromatic heterocycles. The van der Waals surface area contributed by atoms with Crippen LogP contribution in [0.3, 0.4) is 0 Å². The van der Waals surface area contributed by atoms with E-state index in [1.807, 2.05) is 12.1 Å². The van der Waals surface area contributed by atoms with Crippen LogP contribution in [0.4, 0.5) is 0 Å². The normalized spacial score (nSPS) is 19.3. The maximum atomic E-state index is 9.63. The van der Waals surface area contributed by atoms with Crippen molar-refractivity contribution < 1.29 is 19.7 Å². The average Bonchev–Trinajstić information content (AvgIpc) is 2.67. The first-order valence-electron chi connectivity index (χ1n) is 12.7. The van der Waals surface area contributed by atoms with Crippen LogP contribution in [-0.4, -0.2) is 21.8 Å². The summed E-state index contributed by atoms with van der Waals surface area (Å²) in [6.07, 6.45) is 14.1. The molecule has 1 aliphatic rings. The lowest BCUT2D eigenvalue weighted by Crippen LogP contribution is -2.36. The van der Waals surface area contributed by atoms with Crippen LogP contribution in [-0.2, 0) is 11.2 Å². The fourth-order valence-corrected chi connectivity index (χ4v) is 4.55. The number of aromatic hydroxyl groups is 1. The van der Waals surface area contributed by atoms with Crippen molar-refractivity contribution in [2.45, 2.75) is 118 Å². The van der Waals surface area contributed by atoms with Crippen molar-refractivity contribution in [3.8, 4) is 11.5 Å². The Bertz CT molecular complexity index is 665. The summed E-state index contributed by atoms with van der Waals surface area (Å²) in [4.78, 5) is 9.00. The zero-order chi connectivity index (χ0) is 24.1. The molecule has 3 atom stereocenters. The third kappa shape index (κ3) is 12.4. The molecule has 4 heteroatoms. The van der Waals surface area contributed by atoms with Crippen molar-refractivity contribution in [1.29, 1.82) is 0 Å². The van der Waals surface area contributed by atoms with Gasteiger partial charge in [0.2, 0.25) is 0 Å². The second-order valence-corrected chi connectivity index (χ2v) is 10.7. The largest absolute Gasteiger partial charge is 0.508 e. The van der Waals surface area contributed by atoms with Gasteiger partial charge in [-0.15, -0.1) is 0 Å². The SMILES string of the molecule is CC(=O)O.CC(C)CCC[C@@H](C)CCC[C@@H](C)CCCC1(C)CCc2cc(O)ccc2O1. The lowest BCUT2D eigenvalue weighted by molar-refractivity contribution is -0.134.